The van der Waals surface area contributed by atoms with Crippen LogP contribution >= 0.6 is 0 Å². The van der Waals surface area contributed by atoms with E-state index in [2.05, 4.69) is 25.7 Å². The van der Waals surface area contributed by atoms with Crippen molar-refractivity contribution < 1.29 is 9.59 Å². The molecule has 0 radical (unpaired) electrons. The number of hydrogen-bond donors (Lipinski definition) is 3. The number of hydrogen-bond acceptors (Lipinski definition) is 6. The van der Waals surface area contributed by atoms with Crippen LogP contribution in [0.3, 0.4) is 0 Å². The van der Waals surface area contributed by atoms with Crippen molar-refractivity contribution in [3.05, 3.63) is 53.6 Å². The van der Waals surface area contributed by atoms with Crippen molar-refractivity contribution in [1.29, 1.82) is 0 Å². The van der Waals surface area contributed by atoms with E-state index < -0.39 is 6.04 Å². The average molecular weight is 466 g/mol. The largest absolute Gasteiger partial charge is 0.404 e. The number of aryl methyl sites for hydroxylation is 1. The van der Waals surface area contributed by atoms with Crippen LogP contribution in [0.5, 0.6) is 0 Å². The lowest BCUT2D eigenvalue weighted by Gasteiger charge is -2.28. The molecule has 2 heterocycles. The van der Waals surface area contributed by atoms with Crippen molar-refractivity contribution >= 4 is 23.3 Å². The second kappa shape index (κ2) is 12.1. The molecule has 0 saturated heterocycles. The summed E-state index contributed by atoms with van der Waals surface area (Å²) in [5.41, 5.74) is 8.43. The summed E-state index contributed by atoms with van der Waals surface area (Å²) in [5, 5.41) is 9.95. The molecule has 182 valence electrons. The number of nitrogens with zero attached hydrogens (tertiary/aromatic N) is 4. The van der Waals surface area contributed by atoms with E-state index in [1.807, 2.05) is 13.0 Å². The summed E-state index contributed by atoms with van der Waals surface area (Å²) in [7, 11) is 3.41. The standard InChI is InChI=1S/C25H35N7O2/c1-17(15-26)22(27-2)19-11-12-21(28-16-19)30-25(34)23(18-9-7-5-4-6-8-10-18)31-24(33)20-13-14-29-32(20)3/h11-16,18,23H,4-10,26H2,1-3H3,(H,31,33)(H,28,30,34)/b17-15-,27-22?. The normalized spacial score (nSPS) is 16.9. The van der Waals surface area contributed by atoms with Crippen LogP contribution in [-0.2, 0) is 11.8 Å². The zero-order valence-electron chi connectivity index (χ0n) is 20.3. The summed E-state index contributed by atoms with van der Waals surface area (Å²) in [5.74, 6) is -0.0840. The maximum Gasteiger partial charge on any atom is 0.270 e. The second-order valence-corrected chi connectivity index (χ2v) is 8.74. The molecule has 4 N–H and O–H groups in total. The van der Waals surface area contributed by atoms with Crippen molar-refractivity contribution in [2.45, 2.75) is 57.9 Å². The van der Waals surface area contributed by atoms with Crippen LogP contribution in [0.25, 0.3) is 0 Å². The Morgan fingerprint density at radius 3 is 2.44 bits per heavy atom. The average Bonchev–Trinajstić information content (AvgIpc) is 3.25. The number of aliphatic imine (C=N–C) groups is 1. The quantitative estimate of drug-likeness (QED) is 0.541. The number of carbonyl (C=O) groups is 2. The molecule has 3 rings (SSSR count). The lowest BCUT2D eigenvalue weighted by Crippen LogP contribution is -2.49. The van der Waals surface area contributed by atoms with Gasteiger partial charge in [-0.2, -0.15) is 5.10 Å². The molecule has 1 atom stereocenters. The van der Waals surface area contributed by atoms with Crippen molar-refractivity contribution in [3.8, 4) is 0 Å². The lowest BCUT2D eigenvalue weighted by atomic mass is 9.85. The van der Waals surface area contributed by atoms with Gasteiger partial charge in [0.25, 0.3) is 5.91 Å². The number of rotatable bonds is 7. The fraction of sp³-hybridized carbons (Fsp3) is 0.480. The summed E-state index contributed by atoms with van der Waals surface area (Å²) in [4.78, 5) is 35.0. The van der Waals surface area contributed by atoms with E-state index in [0.717, 1.165) is 55.4 Å². The molecule has 9 heteroatoms. The third-order valence-corrected chi connectivity index (χ3v) is 6.38. The Hall–Kier alpha value is -3.49. The minimum Gasteiger partial charge on any atom is -0.404 e. The monoisotopic (exact) mass is 465 g/mol. The van der Waals surface area contributed by atoms with Crippen LogP contribution in [0.1, 0.15) is 67.9 Å². The minimum atomic E-state index is -0.655. The van der Waals surface area contributed by atoms with Gasteiger partial charge in [0.05, 0.1) is 5.71 Å². The van der Waals surface area contributed by atoms with Crippen LogP contribution < -0.4 is 16.4 Å². The van der Waals surface area contributed by atoms with Crippen LogP contribution in [0.4, 0.5) is 5.82 Å². The molecule has 2 aromatic heterocycles. The molecule has 1 aliphatic carbocycles. The third kappa shape index (κ3) is 6.30. The third-order valence-electron chi connectivity index (χ3n) is 6.38. The summed E-state index contributed by atoms with van der Waals surface area (Å²) in [6.07, 6.45) is 12.2. The predicted octanol–water partition coefficient (Wildman–Crippen LogP) is 3.19. The number of aromatic nitrogens is 3. The molecule has 1 fully saturated rings. The Morgan fingerprint density at radius 2 is 1.88 bits per heavy atom. The summed E-state index contributed by atoms with van der Waals surface area (Å²) >= 11 is 0. The molecule has 0 aliphatic heterocycles. The highest BCUT2D eigenvalue weighted by Gasteiger charge is 2.31. The molecular formula is C25H35N7O2. The predicted molar refractivity (Wildman–Crippen MR) is 134 cm³/mol. The second-order valence-electron chi connectivity index (χ2n) is 8.74. The first kappa shape index (κ1) is 25.1. The molecular weight excluding hydrogens is 430 g/mol. The Kier molecular flexibility index (Phi) is 8.95. The molecule has 0 aromatic carbocycles. The van der Waals surface area contributed by atoms with E-state index in [9.17, 15) is 9.59 Å². The topological polar surface area (TPSA) is 127 Å². The summed E-state index contributed by atoms with van der Waals surface area (Å²) in [6.45, 7) is 1.88. The van der Waals surface area contributed by atoms with E-state index >= 15 is 0 Å². The number of allylic oxidation sites excluding steroid dienone is 1. The smallest absolute Gasteiger partial charge is 0.270 e. The van der Waals surface area contributed by atoms with Gasteiger partial charge in [-0.3, -0.25) is 19.3 Å². The van der Waals surface area contributed by atoms with Gasteiger partial charge in [0.1, 0.15) is 17.6 Å². The van der Waals surface area contributed by atoms with Gasteiger partial charge >= 0.3 is 0 Å². The van der Waals surface area contributed by atoms with Crippen molar-refractivity contribution in [1.82, 2.24) is 20.1 Å². The number of amides is 2. The van der Waals surface area contributed by atoms with Crippen molar-refractivity contribution in [2.24, 2.45) is 23.7 Å². The van der Waals surface area contributed by atoms with Gasteiger partial charge in [-0.25, -0.2) is 4.98 Å². The highest BCUT2D eigenvalue weighted by molar-refractivity contribution is 6.12. The number of anilines is 1. The molecule has 1 aliphatic rings. The van der Waals surface area contributed by atoms with Gasteiger partial charge in [0, 0.05) is 32.1 Å². The fourth-order valence-corrected chi connectivity index (χ4v) is 4.45. The highest BCUT2D eigenvalue weighted by Crippen LogP contribution is 2.26. The number of nitrogens with one attached hydrogen (secondary N) is 2. The van der Waals surface area contributed by atoms with Crippen LogP contribution in [-0.4, -0.2) is 45.4 Å². The van der Waals surface area contributed by atoms with E-state index in [0.29, 0.717) is 11.5 Å². The molecule has 2 aromatic rings. The Morgan fingerprint density at radius 1 is 1.18 bits per heavy atom. The van der Waals surface area contributed by atoms with Crippen LogP contribution in [0.15, 0.2) is 47.4 Å². The van der Waals surface area contributed by atoms with E-state index in [4.69, 9.17) is 5.73 Å². The molecule has 1 unspecified atom stereocenters. The van der Waals surface area contributed by atoms with Crippen molar-refractivity contribution in [3.63, 3.8) is 0 Å². The first-order valence-corrected chi connectivity index (χ1v) is 11.9. The van der Waals surface area contributed by atoms with Gasteiger partial charge in [0.15, 0.2) is 0 Å². The van der Waals surface area contributed by atoms with E-state index in [-0.39, 0.29) is 17.7 Å². The SMILES string of the molecule is CN=C(/C(C)=C\N)c1ccc(NC(=O)C(NC(=O)c2ccnn2C)C2CCCCCCC2)nc1. The molecule has 0 bridgehead atoms. The summed E-state index contributed by atoms with van der Waals surface area (Å²) < 4.78 is 1.51. The number of carbonyl (C=O) groups excluding carboxylic acids is 2. The Labute approximate surface area is 200 Å². The Bertz CT molecular complexity index is 1030. The highest BCUT2D eigenvalue weighted by atomic mass is 16.2. The molecule has 2 amide bonds. The molecule has 9 nitrogen and oxygen atoms in total. The first-order valence-electron chi connectivity index (χ1n) is 11.9. The lowest BCUT2D eigenvalue weighted by molar-refractivity contribution is -0.119. The maximum atomic E-state index is 13.4. The van der Waals surface area contributed by atoms with Gasteiger partial charge in [0.2, 0.25) is 5.91 Å². The maximum absolute atomic E-state index is 13.4. The van der Waals surface area contributed by atoms with Crippen LogP contribution in [0, 0.1) is 5.92 Å². The zero-order valence-corrected chi connectivity index (χ0v) is 20.3. The van der Waals surface area contributed by atoms with Crippen molar-refractivity contribution in [2.75, 3.05) is 12.4 Å². The van der Waals surface area contributed by atoms with Gasteiger partial charge in [-0.15, -0.1) is 0 Å². The number of nitrogens with two attached hydrogens (primary N) is 1. The van der Waals surface area contributed by atoms with Gasteiger partial charge in [-0.05, 0) is 55.7 Å². The van der Waals surface area contributed by atoms with E-state index in [1.165, 1.54) is 17.3 Å². The zero-order chi connectivity index (χ0) is 24.5. The Balaban J connectivity index is 1.78. The molecule has 1 saturated carbocycles. The summed E-state index contributed by atoms with van der Waals surface area (Å²) in [6, 6.07) is 4.57. The first-order chi connectivity index (χ1) is 16.4. The number of pyridine rings is 1. The minimum absolute atomic E-state index is 0.0629. The fourth-order valence-electron chi connectivity index (χ4n) is 4.45. The molecule has 34 heavy (non-hydrogen) atoms. The molecule has 0 spiro atoms. The van der Waals surface area contributed by atoms with E-state index in [1.54, 1.807) is 38.6 Å². The van der Waals surface area contributed by atoms with Crippen LogP contribution in [0.2, 0.25) is 0 Å². The van der Waals surface area contributed by atoms with Gasteiger partial charge < -0.3 is 16.4 Å². The van der Waals surface area contributed by atoms with Gasteiger partial charge in [-0.1, -0.05) is 32.1 Å².